The topological polar surface area (TPSA) is 56.5 Å². The van der Waals surface area contributed by atoms with Crippen LogP contribution in [0.1, 0.15) is 24.1 Å². The molecule has 0 amide bonds. The molecular formula is C13H22N2O2. The quantitative estimate of drug-likeness (QED) is 0.818. The van der Waals surface area contributed by atoms with Crippen LogP contribution in [0.15, 0.2) is 12.1 Å². The van der Waals surface area contributed by atoms with Crippen LogP contribution in [-0.4, -0.2) is 27.3 Å². The van der Waals surface area contributed by atoms with E-state index in [1.54, 1.807) is 14.2 Å². The summed E-state index contributed by atoms with van der Waals surface area (Å²) in [5.41, 5.74) is 8.03. The van der Waals surface area contributed by atoms with Gasteiger partial charge in [-0.3, -0.25) is 0 Å². The number of hydrogen-bond acceptors (Lipinski definition) is 4. The summed E-state index contributed by atoms with van der Waals surface area (Å²) in [5, 5.41) is 3.21. The molecule has 96 valence electrons. The van der Waals surface area contributed by atoms with Crippen molar-refractivity contribution in [1.29, 1.82) is 0 Å². The number of nitrogens with one attached hydrogen (secondary N) is 1. The molecule has 0 saturated heterocycles. The minimum absolute atomic E-state index is 0.00157. The van der Waals surface area contributed by atoms with Gasteiger partial charge in [0.15, 0.2) is 0 Å². The van der Waals surface area contributed by atoms with Gasteiger partial charge in [-0.15, -0.1) is 0 Å². The molecule has 0 aliphatic carbocycles. The zero-order valence-electron chi connectivity index (χ0n) is 11.2. The number of ether oxygens (including phenoxy) is 2. The molecule has 0 heterocycles. The van der Waals surface area contributed by atoms with E-state index in [9.17, 15) is 0 Å². The summed E-state index contributed by atoms with van der Waals surface area (Å²) in [5.74, 6) is 1.66. The summed E-state index contributed by atoms with van der Waals surface area (Å²) < 4.78 is 10.8. The summed E-state index contributed by atoms with van der Waals surface area (Å²) in [6.07, 6.45) is 0. The number of benzene rings is 1. The highest BCUT2D eigenvalue weighted by atomic mass is 16.5. The first kappa shape index (κ1) is 13.8. The lowest BCUT2D eigenvalue weighted by atomic mass is 9.97. The van der Waals surface area contributed by atoms with Crippen LogP contribution in [0.3, 0.4) is 0 Å². The number of rotatable bonds is 5. The van der Waals surface area contributed by atoms with Gasteiger partial charge in [-0.25, -0.2) is 0 Å². The largest absolute Gasteiger partial charge is 0.496 e. The van der Waals surface area contributed by atoms with Crippen molar-refractivity contribution in [3.63, 3.8) is 0 Å². The summed E-state index contributed by atoms with van der Waals surface area (Å²) in [6, 6.07) is 4.01. The smallest absolute Gasteiger partial charge is 0.130 e. The van der Waals surface area contributed by atoms with Crippen LogP contribution in [0.25, 0.3) is 0 Å². The molecule has 4 nitrogen and oxygen atoms in total. The van der Waals surface area contributed by atoms with Gasteiger partial charge in [-0.05, 0) is 33.0 Å². The molecule has 2 unspecified atom stereocenters. The Hall–Kier alpha value is -1.26. The van der Waals surface area contributed by atoms with E-state index in [2.05, 4.69) is 5.32 Å². The van der Waals surface area contributed by atoms with E-state index in [4.69, 9.17) is 15.2 Å². The standard InChI is InChI=1S/C13H22N2O2/c1-8-11(16-4)7-6-10(13(8)17-5)12(15-3)9(2)14/h6-7,9,12,15H,14H2,1-5H3. The Kier molecular flexibility index (Phi) is 4.78. The Labute approximate surface area is 103 Å². The Bertz CT molecular complexity index is 378. The van der Waals surface area contributed by atoms with Crippen molar-refractivity contribution < 1.29 is 9.47 Å². The van der Waals surface area contributed by atoms with Gasteiger partial charge >= 0.3 is 0 Å². The highest BCUT2D eigenvalue weighted by Gasteiger charge is 2.21. The Balaban J connectivity index is 3.29. The van der Waals surface area contributed by atoms with Crippen molar-refractivity contribution in [2.75, 3.05) is 21.3 Å². The van der Waals surface area contributed by atoms with Gasteiger partial charge in [-0.2, -0.15) is 0 Å². The summed E-state index contributed by atoms with van der Waals surface area (Å²) in [7, 11) is 5.22. The van der Waals surface area contributed by atoms with Crippen LogP contribution in [0.2, 0.25) is 0 Å². The Morgan fingerprint density at radius 3 is 2.29 bits per heavy atom. The molecule has 0 bridgehead atoms. The molecule has 0 saturated carbocycles. The molecule has 1 rings (SSSR count). The highest BCUT2D eigenvalue weighted by Crippen LogP contribution is 2.35. The molecule has 2 atom stereocenters. The second-order valence-electron chi connectivity index (χ2n) is 4.14. The van der Waals surface area contributed by atoms with Gasteiger partial charge in [0.05, 0.1) is 20.3 Å². The molecular weight excluding hydrogens is 216 g/mol. The fourth-order valence-electron chi connectivity index (χ4n) is 2.13. The van der Waals surface area contributed by atoms with Crippen molar-refractivity contribution in [2.24, 2.45) is 5.73 Å². The zero-order chi connectivity index (χ0) is 13.0. The van der Waals surface area contributed by atoms with E-state index in [1.165, 1.54) is 0 Å². The first-order valence-electron chi connectivity index (χ1n) is 5.71. The Morgan fingerprint density at radius 2 is 1.88 bits per heavy atom. The molecule has 0 fully saturated rings. The van der Waals surface area contributed by atoms with Gasteiger partial charge in [0.1, 0.15) is 11.5 Å². The number of likely N-dealkylation sites (N-methyl/N-ethyl adjacent to an activating group) is 1. The van der Waals surface area contributed by atoms with Gasteiger partial charge in [0.25, 0.3) is 0 Å². The van der Waals surface area contributed by atoms with Crippen molar-refractivity contribution in [3.05, 3.63) is 23.3 Å². The summed E-state index contributed by atoms with van der Waals surface area (Å²) in [4.78, 5) is 0. The predicted molar refractivity (Wildman–Crippen MR) is 69.7 cm³/mol. The van der Waals surface area contributed by atoms with Crippen LogP contribution < -0.4 is 20.5 Å². The highest BCUT2D eigenvalue weighted by molar-refractivity contribution is 5.50. The van der Waals surface area contributed by atoms with E-state index in [-0.39, 0.29) is 12.1 Å². The average Bonchev–Trinajstić information content (AvgIpc) is 2.30. The third-order valence-electron chi connectivity index (χ3n) is 2.98. The Morgan fingerprint density at radius 1 is 1.24 bits per heavy atom. The molecule has 0 radical (unpaired) electrons. The van der Waals surface area contributed by atoms with Gasteiger partial charge in [0.2, 0.25) is 0 Å². The average molecular weight is 238 g/mol. The lowest BCUT2D eigenvalue weighted by molar-refractivity contribution is 0.376. The van der Waals surface area contributed by atoms with Gasteiger partial charge in [-0.1, -0.05) is 0 Å². The second-order valence-corrected chi connectivity index (χ2v) is 4.14. The molecule has 0 spiro atoms. The second kappa shape index (κ2) is 5.89. The molecule has 4 heteroatoms. The molecule has 1 aromatic carbocycles. The molecule has 0 aliphatic rings. The maximum atomic E-state index is 5.97. The summed E-state index contributed by atoms with van der Waals surface area (Å²) in [6.45, 7) is 3.95. The maximum Gasteiger partial charge on any atom is 0.130 e. The van der Waals surface area contributed by atoms with Crippen LogP contribution in [0, 0.1) is 6.92 Å². The van der Waals surface area contributed by atoms with Crippen LogP contribution in [0.5, 0.6) is 11.5 Å². The molecule has 1 aromatic rings. The number of nitrogens with two attached hydrogens (primary N) is 1. The van der Waals surface area contributed by atoms with Crippen LogP contribution in [-0.2, 0) is 0 Å². The van der Waals surface area contributed by atoms with Crippen LogP contribution >= 0.6 is 0 Å². The van der Waals surface area contributed by atoms with E-state index in [0.717, 1.165) is 22.6 Å². The zero-order valence-corrected chi connectivity index (χ0v) is 11.2. The normalized spacial score (nSPS) is 14.2. The monoisotopic (exact) mass is 238 g/mol. The van der Waals surface area contributed by atoms with Crippen molar-refractivity contribution in [2.45, 2.75) is 25.9 Å². The first-order valence-corrected chi connectivity index (χ1v) is 5.71. The van der Waals surface area contributed by atoms with Crippen molar-refractivity contribution in [1.82, 2.24) is 5.32 Å². The molecule has 0 aromatic heterocycles. The minimum atomic E-state index is 0.00157. The van der Waals surface area contributed by atoms with E-state index >= 15 is 0 Å². The third kappa shape index (κ3) is 2.70. The van der Waals surface area contributed by atoms with Gasteiger partial charge in [0, 0.05) is 17.2 Å². The fourth-order valence-corrected chi connectivity index (χ4v) is 2.13. The number of hydrogen-bond donors (Lipinski definition) is 2. The third-order valence-corrected chi connectivity index (χ3v) is 2.98. The minimum Gasteiger partial charge on any atom is -0.496 e. The molecule has 0 aliphatic heterocycles. The van der Waals surface area contributed by atoms with E-state index < -0.39 is 0 Å². The fraction of sp³-hybridized carbons (Fsp3) is 0.538. The first-order chi connectivity index (χ1) is 8.06. The summed E-state index contributed by atoms with van der Waals surface area (Å²) >= 11 is 0. The van der Waals surface area contributed by atoms with E-state index in [0.29, 0.717) is 0 Å². The molecule has 17 heavy (non-hydrogen) atoms. The SMILES string of the molecule is CNC(c1ccc(OC)c(C)c1OC)C(C)N. The van der Waals surface area contributed by atoms with Crippen molar-refractivity contribution >= 4 is 0 Å². The van der Waals surface area contributed by atoms with Gasteiger partial charge < -0.3 is 20.5 Å². The lowest BCUT2D eigenvalue weighted by Gasteiger charge is -2.24. The van der Waals surface area contributed by atoms with E-state index in [1.807, 2.05) is 33.0 Å². The molecule has 3 N–H and O–H groups in total. The maximum absolute atomic E-state index is 5.97. The van der Waals surface area contributed by atoms with Crippen LogP contribution in [0.4, 0.5) is 0 Å². The predicted octanol–water partition coefficient (Wildman–Crippen LogP) is 1.62. The van der Waals surface area contributed by atoms with Crippen molar-refractivity contribution in [3.8, 4) is 11.5 Å². The number of methoxy groups -OCH3 is 2. The lowest BCUT2D eigenvalue weighted by Crippen LogP contribution is -2.34.